The molecule has 1 aliphatic rings. The van der Waals surface area contributed by atoms with Crippen molar-refractivity contribution >= 4 is 11.5 Å². The number of nitrogens with zero attached hydrogens (tertiary/aromatic N) is 1. The molecule has 2 rings (SSSR count). The van der Waals surface area contributed by atoms with Gasteiger partial charge in [-0.2, -0.15) is 13.2 Å². The van der Waals surface area contributed by atoms with Crippen molar-refractivity contribution in [2.45, 2.75) is 38.3 Å². The van der Waals surface area contributed by atoms with Crippen LogP contribution < -0.4 is 4.74 Å². The Morgan fingerprint density at radius 2 is 1.91 bits per heavy atom. The van der Waals surface area contributed by atoms with Crippen LogP contribution in [0.3, 0.4) is 0 Å². The summed E-state index contributed by atoms with van der Waals surface area (Å²) in [7, 11) is 0. The molecular weight excluding hydrogens is 315 g/mol. The number of rotatable bonds is 5. The third-order valence-electron chi connectivity index (χ3n) is 3.91. The van der Waals surface area contributed by atoms with Crippen molar-refractivity contribution in [3.63, 3.8) is 0 Å². The summed E-state index contributed by atoms with van der Waals surface area (Å²) in [4.78, 5) is 21.7. The summed E-state index contributed by atoms with van der Waals surface area (Å²) in [5, 5.41) is 10.6. The average molecular weight is 331 g/mol. The molecule has 0 saturated heterocycles. The number of non-ortho nitro benzene ring substituents is 1. The van der Waals surface area contributed by atoms with Gasteiger partial charge in [-0.25, -0.2) is 0 Å². The summed E-state index contributed by atoms with van der Waals surface area (Å²) >= 11 is 0. The van der Waals surface area contributed by atoms with E-state index in [-0.39, 0.29) is 11.7 Å². The minimum Gasteiger partial charge on any atom is -0.485 e. The maximum atomic E-state index is 13.0. The number of halogens is 3. The van der Waals surface area contributed by atoms with Crippen molar-refractivity contribution in [3.8, 4) is 5.75 Å². The predicted octanol–water partition coefficient (Wildman–Crippen LogP) is 4.14. The molecule has 8 heteroatoms. The molecule has 0 unspecified atom stereocenters. The molecule has 5 nitrogen and oxygen atoms in total. The number of nitro benzene ring substituents is 1. The van der Waals surface area contributed by atoms with Gasteiger partial charge in [0.25, 0.3) is 5.69 Å². The van der Waals surface area contributed by atoms with Gasteiger partial charge < -0.3 is 4.74 Å². The van der Waals surface area contributed by atoms with E-state index in [0.717, 1.165) is 44.2 Å². The van der Waals surface area contributed by atoms with Gasteiger partial charge in [0.15, 0.2) is 5.78 Å². The van der Waals surface area contributed by atoms with Gasteiger partial charge in [0.2, 0.25) is 0 Å². The fourth-order valence-electron chi connectivity index (χ4n) is 2.67. The van der Waals surface area contributed by atoms with E-state index in [1.165, 1.54) is 0 Å². The van der Waals surface area contributed by atoms with Crippen LogP contribution in [0.1, 0.15) is 37.7 Å². The maximum absolute atomic E-state index is 13.0. The minimum atomic E-state index is -4.80. The Bertz CT molecular complexity index is 595. The van der Waals surface area contributed by atoms with Crippen molar-refractivity contribution in [1.29, 1.82) is 0 Å². The van der Waals surface area contributed by atoms with E-state index in [4.69, 9.17) is 4.74 Å². The van der Waals surface area contributed by atoms with Gasteiger partial charge in [-0.1, -0.05) is 19.3 Å². The number of Topliss-reactive ketones (excluding diaryl/α,β-unsaturated/α-hetero) is 1. The van der Waals surface area contributed by atoms with Crippen LogP contribution in [0, 0.1) is 16.0 Å². The van der Waals surface area contributed by atoms with E-state index in [9.17, 15) is 28.1 Å². The van der Waals surface area contributed by atoms with Gasteiger partial charge in [0.05, 0.1) is 4.92 Å². The Hall–Kier alpha value is -2.12. The molecule has 23 heavy (non-hydrogen) atoms. The zero-order valence-corrected chi connectivity index (χ0v) is 12.3. The zero-order valence-electron chi connectivity index (χ0n) is 12.3. The zero-order chi connectivity index (χ0) is 17.0. The fourth-order valence-corrected chi connectivity index (χ4v) is 2.67. The van der Waals surface area contributed by atoms with E-state index in [1.807, 2.05) is 0 Å². The molecular formula is C15H16F3NO4. The maximum Gasteiger partial charge on any atom is 0.420 e. The summed E-state index contributed by atoms with van der Waals surface area (Å²) in [6.45, 7) is -0.453. The van der Waals surface area contributed by atoms with Gasteiger partial charge in [0.1, 0.15) is 17.9 Å². The number of ketones is 1. The summed E-state index contributed by atoms with van der Waals surface area (Å²) in [6, 6.07) is 2.23. The number of carbonyl (C=O) groups excluding carboxylic acids is 1. The van der Waals surface area contributed by atoms with E-state index in [2.05, 4.69) is 0 Å². The van der Waals surface area contributed by atoms with Crippen molar-refractivity contribution in [1.82, 2.24) is 0 Å². The lowest BCUT2D eigenvalue weighted by molar-refractivity contribution is -0.385. The van der Waals surface area contributed by atoms with Gasteiger partial charge in [-0.15, -0.1) is 0 Å². The molecule has 0 spiro atoms. The van der Waals surface area contributed by atoms with Crippen LogP contribution in [-0.4, -0.2) is 17.3 Å². The van der Waals surface area contributed by atoms with Crippen LogP contribution >= 0.6 is 0 Å². The highest BCUT2D eigenvalue weighted by Crippen LogP contribution is 2.38. The molecule has 0 radical (unpaired) electrons. The van der Waals surface area contributed by atoms with Gasteiger partial charge in [-0.3, -0.25) is 14.9 Å². The lowest BCUT2D eigenvalue weighted by Crippen LogP contribution is -2.24. The predicted molar refractivity (Wildman–Crippen MR) is 75.2 cm³/mol. The number of nitro groups is 1. The quantitative estimate of drug-likeness (QED) is 0.600. The van der Waals surface area contributed by atoms with Crippen LogP contribution in [-0.2, 0) is 11.0 Å². The first-order valence-electron chi connectivity index (χ1n) is 7.30. The first-order valence-corrected chi connectivity index (χ1v) is 7.30. The molecule has 1 aliphatic carbocycles. The third kappa shape index (κ3) is 4.43. The van der Waals surface area contributed by atoms with Crippen LogP contribution in [0.2, 0.25) is 0 Å². The van der Waals surface area contributed by atoms with Gasteiger partial charge in [0, 0.05) is 18.1 Å². The Morgan fingerprint density at radius 3 is 2.48 bits per heavy atom. The number of ether oxygens (including phenoxy) is 1. The summed E-state index contributed by atoms with van der Waals surface area (Å²) in [5.41, 5.74) is -1.92. The standard InChI is InChI=1S/C15H16F3NO4/c16-15(17,18)12-8-11(19(21)22)6-7-14(12)23-9-13(20)10-4-2-1-3-5-10/h6-8,10H,1-5,9H2. The summed E-state index contributed by atoms with van der Waals surface area (Å²) in [5.74, 6) is -0.959. The first-order chi connectivity index (χ1) is 10.8. The normalized spacial score (nSPS) is 16.1. The highest BCUT2D eigenvalue weighted by molar-refractivity contribution is 5.82. The molecule has 1 saturated carbocycles. The Morgan fingerprint density at radius 1 is 1.26 bits per heavy atom. The molecule has 0 heterocycles. The number of hydrogen-bond acceptors (Lipinski definition) is 4. The second-order valence-corrected chi connectivity index (χ2v) is 5.53. The second kappa shape index (κ2) is 6.97. The molecule has 1 aromatic carbocycles. The highest BCUT2D eigenvalue weighted by Gasteiger charge is 2.36. The number of alkyl halides is 3. The molecule has 0 N–H and O–H groups in total. The summed E-state index contributed by atoms with van der Waals surface area (Å²) < 4.78 is 44.0. The lowest BCUT2D eigenvalue weighted by atomic mass is 9.86. The van der Waals surface area contributed by atoms with E-state index in [1.54, 1.807) is 0 Å². The van der Waals surface area contributed by atoms with Crippen molar-refractivity contribution in [3.05, 3.63) is 33.9 Å². The molecule has 0 atom stereocenters. The van der Waals surface area contributed by atoms with Crippen LogP contribution in [0.25, 0.3) is 0 Å². The van der Waals surface area contributed by atoms with Crippen molar-refractivity contribution < 1.29 is 27.6 Å². The molecule has 0 bridgehead atoms. The first kappa shape index (κ1) is 17.2. The highest BCUT2D eigenvalue weighted by atomic mass is 19.4. The van der Waals surface area contributed by atoms with Crippen molar-refractivity contribution in [2.24, 2.45) is 5.92 Å². The molecule has 0 aromatic heterocycles. The minimum absolute atomic E-state index is 0.170. The number of hydrogen-bond donors (Lipinski definition) is 0. The van der Waals surface area contributed by atoms with Crippen LogP contribution in [0.4, 0.5) is 18.9 Å². The molecule has 1 fully saturated rings. The van der Waals surface area contributed by atoms with E-state index in [0.29, 0.717) is 6.07 Å². The Balaban J connectivity index is 2.12. The lowest BCUT2D eigenvalue weighted by Gasteiger charge is -2.20. The molecule has 0 amide bonds. The summed E-state index contributed by atoms with van der Waals surface area (Å²) in [6.07, 6.45) is -0.410. The number of carbonyl (C=O) groups is 1. The van der Waals surface area contributed by atoms with Crippen LogP contribution in [0.5, 0.6) is 5.75 Å². The van der Waals surface area contributed by atoms with E-state index >= 15 is 0 Å². The number of benzene rings is 1. The fraction of sp³-hybridized carbons (Fsp3) is 0.533. The van der Waals surface area contributed by atoms with E-state index < -0.39 is 34.7 Å². The van der Waals surface area contributed by atoms with Gasteiger partial charge >= 0.3 is 6.18 Å². The second-order valence-electron chi connectivity index (χ2n) is 5.53. The molecule has 0 aliphatic heterocycles. The smallest absolute Gasteiger partial charge is 0.420 e. The van der Waals surface area contributed by atoms with Gasteiger partial charge in [-0.05, 0) is 18.9 Å². The Kier molecular flexibility index (Phi) is 5.23. The third-order valence-corrected chi connectivity index (χ3v) is 3.91. The topological polar surface area (TPSA) is 69.4 Å². The monoisotopic (exact) mass is 331 g/mol. The average Bonchev–Trinajstić information content (AvgIpc) is 2.52. The SMILES string of the molecule is O=C(COc1ccc([N+](=O)[O-])cc1C(F)(F)F)C1CCCCC1. The van der Waals surface area contributed by atoms with Crippen LogP contribution in [0.15, 0.2) is 18.2 Å². The Labute approximate surface area is 130 Å². The molecule has 1 aromatic rings. The molecule has 126 valence electrons. The largest absolute Gasteiger partial charge is 0.485 e. The van der Waals surface area contributed by atoms with Crippen molar-refractivity contribution in [2.75, 3.05) is 6.61 Å².